The quantitative estimate of drug-likeness (QED) is 0.0849. The summed E-state index contributed by atoms with van der Waals surface area (Å²) in [6.45, 7) is -3.79. The van der Waals surface area contributed by atoms with E-state index in [4.69, 9.17) is 34.0 Å². The number of aromatic amines is 1. The Morgan fingerprint density at radius 1 is 1.02 bits per heavy atom. The van der Waals surface area contributed by atoms with Crippen molar-refractivity contribution in [3.63, 3.8) is 0 Å². The van der Waals surface area contributed by atoms with Gasteiger partial charge in [0.25, 0.3) is 5.56 Å². The van der Waals surface area contributed by atoms with Gasteiger partial charge in [0.1, 0.15) is 30.5 Å². The molecule has 0 amide bonds. The number of nitrogens with one attached hydrogen (secondary N) is 1. The van der Waals surface area contributed by atoms with Gasteiger partial charge in [-0.05, 0) is 0 Å². The maximum absolute atomic E-state index is 12.4. The number of aliphatic hydroxyl groups excluding tert-OH is 3. The van der Waals surface area contributed by atoms with Gasteiger partial charge >= 0.3 is 23.5 Å². The highest BCUT2D eigenvalue weighted by Gasteiger charge is 2.39. The number of aliphatic hydroxyl groups is 3. The van der Waals surface area contributed by atoms with E-state index in [9.17, 15) is 43.6 Å². The first-order chi connectivity index (χ1) is 20.4. The normalized spacial score (nSPS) is 29.5. The van der Waals surface area contributed by atoms with Crippen molar-refractivity contribution in [2.24, 2.45) is 0 Å². The Morgan fingerprint density at radius 2 is 1.66 bits per heavy atom. The molecule has 10 N–H and O–H groups in total. The largest absolute Gasteiger partial charge is 0.472 e. The van der Waals surface area contributed by atoms with Gasteiger partial charge < -0.3 is 50.1 Å². The lowest BCUT2D eigenvalue weighted by molar-refractivity contribution is -0.0500. The van der Waals surface area contributed by atoms with Crippen molar-refractivity contribution in [1.29, 1.82) is 0 Å². The smallest absolute Gasteiger partial charge is 0.388 e. The number of phosphoric acid groups is 3. The SMILES string of the molecule is Nc1nc2c(ncn2[C@@H]2O[C@H](COP(=O)(O)OCC(COP(=O)(O)OC[C@H]3OC[C@H](O)[C@@H]3O)OP(=O)(O)O)CC2O)c(=O)[nH]1. The number of nitrogens with two attached hydrogens (primary N) is 1. The second kappa shape index (κ2) is 14.0. The number of anilines is 1. The number of aromatic nitrogens is 4. The first kappa shape index (κ1) is 35.1. The molecular weight excluding hydrogens is 667 g/mol. The Labute approximate surface area is 245 Å². The van der Waals surface area contributed by atoms with E-state index in [2.05, 4.69) is 28.5 Å². The van der Waals surface area contributed by atoms with Crippen LogP contribution in [-0.2, 0) is 45.8 Å². The Balaban J connectivity index is 1.28. The van der Waals surface area contributed by atoms with Crippen LogP contribution in [0.15, 0.2) is 11.1 Å². The molecular formula is C18H30N5O18P3. The second-order valence-electron chi connectivity index (χ2n) is 9.49. The number of nitrogens with zero attached hydrogens (tertiary/aromatic N) is 3. The van der Waals surface area contributed by atoms with Gasteiger partial charge in [0, 0.05) is 6.42 Å². The molecule has 26 heteroatoms. The van der Waals surface area contributed by atoms with Crippen molar-refractivity contribution in [2.45, 2.75) is 49.3 Å². The average molecular weight is 697 g/mol. The predicted molar refractivity (Wildman–Crippen MR) is 139 cm³/mol. The Kier molecular flexibility index (Phi) is 11.1. The van der Waals surface area contributed by atoms with Gasteiger partial charge in [0.15, 0.2) is 17.4 Å². The average Bonchev–Trinajstić information content (AvgIpc) is 3.59. The number of rotatable bonds is 15. The standard InChI is InChI=1S/C18H30N5O18P3/c19-18-21-15-13(16(27)22-18)20-7-23(15)17-10(24)1-8(40-17)2-36-43(31,32)37-3-9(41-42(28,29)30)4-38-44(33,34)39-6-12-14(26)11(25)5-35-12/h7-12,14,17,24-26H,1-6H2,(H,31,32)(H,33,34)(H2,28,29,30)(H3,19,21,22,27)/t8-,9?,10?,11-,12+,14-,17+/m0/s1. The zero-order valence-corrected chi connectivity index (χ0v) is 24.9. The van der Waals surface area contributed by atoms with Gasteiger partial charge in [-0.15, -0.1) is 0 Å². The highest BCUT2D eigenvalue weighted by molar-refractivity contribution is 7.47. The lowest BCUT2D eigenvalue weighted by Gasteiger charge is -2.22. The Morgan fingerprint density at radius 3 is 2.25 bits per heavy atom. The molecule has 2 aliphatic heterocycles. The Hall–Kier alpha value is -1.72. The Bertz CT molecular complexity index is 1500. The van der Waals surface area contributed by atoms with Gasteiger partial charge in [0.05, 0.1) is 45.5 Å². The third-order valence-corrected chi connectivity index (χ3v) is 8.58. The van der Waals surface area contributed by atoms with Crippen molar-refractivity contribution in [2.75, 3.05) is 38.8 Å². The topological polar surface area (TPSA) is 347 Å². The first-order valence-electron chi connectivity index (χ1n) is 12.4. The van der Waals surface area contributed by atoms with E-state index in [1.54, 1.807) is 0 Å². The lowest BCUT2D eigenvalue weighted by atomic mass is 10.2. The summed E-state index contributed by atoms with van der Waals surface area (Å²) in [4.78, 5) is 60.3. The molecule has 23 nitrogen and oxygen atoms in total. The first-order valence-corrected chi connectivity index (χ1v) is 17.0. The lowest BCUT2D eigenvalue weighted by Crippen LogP contribution is -2.32. The number of hydrogen-bond donors (Lipinski definition) is 9. The molecule has 0 radical (unpaired) electrons. The van der Waals surface area contributed by atoms with E-state index in [0.717, 1.165) is 0 Å². The van der Waals surface area contributed by atoms with Crippen LogP contribution in [-0.4, -0.2) is 124 Å². The number of imidazole rings is 1. The molecule has 2 aromatic heterocycles. The van der Waals surface area contributed by atoms with Crippen molar-refractivity contribution in [1.82, 2.24) is 19.5 Å². The molecule has 2 fully saturated rings. The molecule has 9 atom stereocenters. The van der Waals surface area contributed by atoms with Crippen LogP contribution in [0.2, 0.25) is 0 Å². The molecule has 44 heavy (non-hydrogen) atoms. The van der Waals surface area contributed by atoms with Crippen molar-refractivity contribution >= 4 is 40.6 Å². The van der Waals surface area contributed by atoms with Crippen LogP contribution >= 0.6 is 23.5 Å². The van der Waals surface area contributed by atoms with Crippen molar-refractivity contribution < 1.29 is 80.7 Å². The monoisotopic (exact) mass is 697 g/mol. The van der Waals surface area contributed by atoms with E-state index in [-0.39, 0.29) is 30.1 Å². The van der Waals surface area contributed by atoms with Crippen LogP contribution in [0.25, 0.3) is 11.2 Å². The molecule has 0 saturated carbocycles. The molecule has 4 rings (SSSR count). The third kappa shape index (κ3) is 9.41. The molecule has 2 aliphatic rings. The van der Waals surface area contributed by atoms with Gasteiger partial charge in [-0.3, -0.25) is 37.0 Å². The molecule has 2 saturated heterocycles. The van der Waals surface area contributed by atoms with Crippen LogP contribution in [0, 0.1) is 0 Å². The molecule has 0 aliphatic carbocycles. The van der Waals surface area contributed by atoms with Crippen LogP contribution in [0.5, 0.6) is 0 Å². The van der Waals surface area contributed by atoms with E-state index in [1.807, 2.05) is 0 Å². The highest BCUT2D eigenvalue weighted by atomic mass is 31.2. The second-order valence-corrected chi connectivity index (χ2v) is 13.6. The summed E-state index contributed by atoms with van der Waals surface area (Å²) in [5.74, 6) is -0.213. The molecule has 0 aromatic carbocycles. The fourth-order valence-corrected chi connectivity index (χ4v) is 6.17. The summed E-state index contributed by atoms with van der Waals surface area (Å²) in [7, 11) is -15.2. The van der Waals surface area contributed by atoms with Crippen LogP contribution in [0.1, 0.15) is 12.6 Å². The fraction of sp³-hybridized carbons (Fsp3) is 0.722. The molecule has 4 heterocycles. The summed E-state index contributed by atoms with van der Waals surface area (Å²) in [6.07, 6.45) is -8.01. The van der Waals surface area contributed by atoms with Gasteiger partial charge in [-0.2, -0.15) is 4.98 Å². The highest BCUT2D eigenvalue weighted by Crippen LogP contribution is 2.48. The summed E-state index contributed by atoms with van der Waals surface area (Å²) in [5.41, 5.74) is 4.86. The summed E-state index contributed by atoms with van der Waals surface area (Å²) < 4.78 is 70.9. The molecule has 0 spiro atoms. The fourth-order valence-electron chi connectivity index (χ4n) is 4.11. The van der Waals surface area contributed by atoms with E-state index in [1.165, 1.54) is 10.9 Å². The van der Waals surface area contributed by atoms with Crippen molar-refractivity contribution in [3.05, 3.63) is 16.7 Å². The summed E-state index contributed by atoms with van der Waals surface area (Å²) >= 11 is 0. The third-order valence-electron chi connectivity index (χ3n) is 6.11. The van der Waals surface area contributed by atoms with Gasteiger partial charge in [-0.1, -0.05) is 0 Å². The minimum Gasteiger partial charge on any atom is -0.388 e. The molecule has 2 aromatic rings. The van der Waals surface area contributed by atoms with Crippen LogP contribution < -0.4 is 11.3 Å². The zero-order valence-electron chi connectivity index (χ0n) is 22.2. The number of ether oxygens (including phenoxy) is 2. The van der Waals surface area contributed by atoms with Crippen molar-refractivity contribution in [3.8, 4) is 0 Å². The van der Waals surface area contributed by atoms with Gasteiger partial charge in [-0.25, -0.2) is 18.7 Å². The van der Waals surface area contributed by atoms with Gasteiger partial charge in [0.2, 0.25) is 5.95 Å². The van der Waals surface area contributed by atoms with E-state index < -0.39 is 98.3 Å². The molecule has 250 valence electrons. The maximum atomic E-state index is 12.4. The van der Waals surface area contributed by atoms with E-state index >= 15 is 0 Å². The molecule has 0 bridgehead atoms. The summed E-state index contributed by atoms with van der Waals surface area (Å²) in [6, 6.07) is 0. The van der Waals surface area contributed by atoms with E-state index in [0.29, 0.717) is 0 Å². The number of hydrogen-bond acceptors (Lipinski definition) is 17. The minimum atomic E-state index is -5.28. The number of nitrogen functional groups attached to an aromatic ring is 1. The maximum Gasteiger partial charge on any atom is 0.472 e. The minimum absolute atomic E-state index is 0.00688. The number of H-pyrrole nitrogens is 1. The van der Waals surface area contributed by atoms with Crippen LogP contribution in [0.4, 0.5) is 5.95 Å². The predicted octanol–water partition coefficient (Wildman–Crippen LogP) is -2.78. The summed E-state index contributed by atoms with van der Waals surface area (Å²) in [5, 5.41) is 29.6. The van der Waals surface area contributed by atoms with Crippen LogP contribution in [0.3, 0.4) is 0 Å². The number of phosphoric ester groups is 3. The molecule has 4 unspecified atom stereocenters. The zero-order chi connectivity index (χ0) is 32.4. The number of fused-ring (bicyclic) bond motifs is 1.